The molecule has 0 spiro atoms. The molecule has 0 aliphatic heterocycles. The van der Waals surface area contributed by atoms with Gasteiger partial charge in [-0.25, -0.2) is 4.79 Å². The number of hydrogen-bond acceptors (Lipinski definition) is 5. The van der Waals surface area contributed by atoms with Gasteiger partial charge in [-0.15, -0.1) is 0 Å². The number of nitro benzene ring substituents is 1. The predicted molar refractivity (Wildman–Crippen MR) is 68.7 cm³/mol. The van der Waals surface area contributed by atoms with Crippen LogP contribution in [0.1, 0.15) is 15.9 Å². The van der Waals surface area contributed by atoms with Crippen LogP contribution in [0.3, 0.4) is 0 Å². The lowest BCUT2D eigenvalue weighted by Crippen LogP contribution is -2.02. The van der Waals surface area contributed by atoms with Gasteiger partial charge in [-0.1, -0.05) is 0 Å². The number of ether oxygens (including phenoxy) is 1. The van der Waals surface area contributed by atoms with Gasteiger partial charge in [-0.3, -0.25) is 10.1 Å². The molecule has 0 bridgehead atoms. The lowest BCUT2D eigenvalue weighted by atomic mass is 10.2. The van der Waals surface area contributed by atoms with Crippen LogP contribution in [0.15, 0.2) is 35.0 Å². The van der Waals surface area contributed by atoms with Gasteiger partial charge < -0.3 is 9.84 Å². The summed E-state index contributed by atoms with van der Waals surface area (Å²) >= 11 is 1.50. The van der Waals surface area contributed by atoms with Crippen LogP contribution in [-0.2, 0) is 6.61 Å². The van der Waals surface area contributed by atoms with Gasteiger partial charge >= 0.3 is 11.7 Å². The van der Waals surface area contributed by atoms with E-state index in [2.05, 4.69) is 0 Å². The maximum absolute atomic E-state index is 10.9. The number of hydrogen-bond donors (Lipinski definition) is 1. The second-order valence-corrected chi connectivity index (χ2v) is 4.45. The normalized spacial score (nSPS) is 10.1. The van der Waals surface area contributed by atoms with Crippen molar-refractivity contribution in [2.24, 2.45) is 0 Å². The van der Waals surface area contributed by atoms with Gasteiger partial charge in [0, 0.05) is 6.07 Å². The minimum atomic E-state index is -1.22. The third-order valence-corrected chi connectivity index (χ3v) is 3.11. The highest BCUT2D eigenvalue weighted by atomic mass is 32.1. The van der Waals surface area contributed by atoms with Crippen LogP contribution in [0, 0.1) is 10.1 Å². The van der Waals surface area contributed by atoms with Crippen molar-refractivity contribution in [3.8, 4) is 5.75 Å². The molecule has 98 valence electrons. The van der Waals surface area contributed by atoms with Gasteiger partial charge in [0.1, 0.15) is 6.61 Å². The highest BCUT2D eigenvalue weighted by molar-refractivity contribution is 7.07. The summed E-state index contributed by atoms with van der Waals surface area (Å²) in [5.41, 5.74) is 0.409. The Morgan fingerprint density at radius 1 is 1.42 bits per heavy atom. The predicted octanol–water partition coefficient (Wildman–Crippen LogP) is 2.93. The molecule has 2 rings (SSSR count). The van der Waals surface area contributed by atoms with Crippen LogP contribution in [-0.4, -0.2) is 16.0 Å². The van der Waals surface area contributed by atoms with Gasteiger partial charge in [-0.2, -0.15) is 11.3 Å². The van der Waals surface area contributed by atoms with E-state index in [4.69, 9.17) is 9.84 Å². The minimum absolute atomic E-state index is 0.0567. The summed E-state index contributed by atoms with van der Waals surface area (Å²) in [5, 5.41) is 23.4. The maximum atomic E-state index is 10.9. The maximum Gasteiger partial charge on any atom is 0.335 e. The van der Waals surface area contributed by atoms with Crippen molar-refractivity contribution < 1.29 is 19.6 Å². The minimum Gasteiger partial charge on any atom is -0.482 e. The number of rotatable bonds is 5. The Morgan fingerprint density at radius 2 is 2.21 bits per heavy atom. The molecule has 0 saturated carbocycles. The molecule has 0 fully saturated rings. The molecular weight excluding hydrogens is 270 g/mol. The van der Waals surface area contributed by atoms with E-state index in [1.807, 2.05) is 16.8 Å². The molecule has 7 heteroatoms. The molecule has 19 heavy (non-hydrogen) atoms. The second kappa shape index (κ2) is 5.49. The van der Waals surface area contributed by atoms with Crippen LogP contribution in [0.4, 0.5) is 5.69 Å². The van der Waals surface area contributed by atoms with Gasteiger partial charge in [0.2, 0.25) is 0 Å². The van der Waals surface area contributed by atoms with Crippen LogP contribution in [0.2, 0.25) is 0 Å². The Bertz CT molecular complexity index is 609. The summed E-state index contributed by atoms with van der Waals surface area (Å²) in [5.74, 6) is -1.16. The standard InChI is InChI=1S/C12H9NO5S/c14-12(15)9-1-2-11(10(5-9)13(16)17)18-6-8-3-4-19-7-8/h1-5,7H,6H2,(H,14,15). The largest absolute Gasteiger partial charge is 0.482 e. The van der Waals surface area contributed by atoms with Crippen molar-refractivity contribution >= 4 is 23.0 Å². The molecule has 0 aliphatic carbocycles. The van der Waals surface area contributed by atoms with E-state index in [0.717, 1.165) is 11.6 Å². The lowest BCUT2D eigenvalue weighted by Gasteiger charge is -2.06. The third-order valence-electron chi connectivity index (χ3n) is 2.38. The van der Waals surface area contributed by atoms with Gasteiger partial charge in [0.25, 0.3) is 0 Å². The van der Waals surface area contributed by atoms with Gasteiger partial charge in [0.05, 0.1) is 10.5 Å². The van der Waals surface area contributed by atoms with Crippen molar-refractivity contribution in [2.75, 3.05) is 0 Å². The molecule has 0 saturated heterocycles. The van der Waals surface area contributed by atoms with Crippen molar-refractivity contribution in [2.45, 2.75) is 6.61 Å². The second-order valence-electron chi connectivity index (χ2n) is 3.67. The Hall–Kier alpha value is -2.41. The summed E-state index contributed by atoms with van der Waals surface area (Å²) in [7, 11) is 0. The molecule has 0 radical (unpaired) electrons. The van der Waals surface area contributed by atoms with E-state index in [0.29, 0.717) is 0 Å². The Morgan fingerprint density at radius 3 is 2.79 bits per heavy atom. The van der Waals surface area contributed by atoms with E-state index in [9.17, 15) is 14.9 Å². The Kier molecular flexibility index (Phi) is 3.76. The van der Waals surface area contributed by atoms with Crippen LogP contribution >= 0.6 is 11.3 Å². The van der Waals surface area contributed by atoms with E-state index < -0.39 is 10.9 Å². The number of benzene rings is 1. The first kappa shape index (κ1) is 13.0. The van der Waals surface area contributed by atoms with E-state index in [1.165, 1.54) is 23.5 Å². The number of thiophene rings is 1. The fourth-order valence-corrected chi connectivity index (χ4v) is 2.10. The number of carboxylic acid groups (broad SMARTS) is 1. The lowest BCUT2D eigenvalue weighted by molar-refractivity contribution is -0.386. The number of aromatic carboxylic acids is 1. The molecule has 1 N–H and O–H groups in total. The molecule has 6 nitrogen and oxygen atoms in total. The first-order valence-electron chi connectivity index (χ1n) is 5.23. The number of carbonyl (C=O) groups is 1. The molecule has 0 aliphatic rings. The molecule has 2 aromatic rings. The fourth-order valence-electron chi connectivity index (χ4n) is 1.45. The first-order chi connectivity index (χ1) is 9.08. The zero-order valence-electron chi connectivity index (χ0n) is 9.61. The summed E-state index contributed by atoms with van der Waals surface area (Å²) in [6.07, 6.45) is 0. The summed E-state index contributed by atoms with van der Waals surface area (Å²) in [6, 6.07) is 5.42. The molecule has 0 amide bonds. The van der Waals surface area contributed by atoms with Crippen LogP contribution < -0.4 is 4.74 Å². The summed E-state index contributed by atoms with van der Waals surface area (Å²) in [6.45, 7) is 0.205. The zero-order valence-corrected chi connectivity index (χ0v) is 10.4. The van der Waals surface area contributed by atoms with Crippen molar-refractivity contribution in [3.05, 3.63) is 56.3 Å². The molecule has 1 aromatic carbocycles. The molecule has 1 heterocycles. The quantitative estimate of drug-likeness (QED) is 0.671. The van der Waals surface area contributed by atoms with Crippen LogP contribution in [0.5, 0.6) is 5.75 Å². The Balaban J connectivity index is 2.24. The number of carboxylic acids is 1. The third kappa shape index (κ3) is 3.08. The van der Waals surface area contributed by atoms with E-state index >= 15 is 0 Å². The topological polar surface area (TPSA) is 89.7 Å². The van der Waals surface area contributed by atoms with Crippen molar-refractivity contribution in [1.82, 2.24) is 0 Å². The average molecular weight is 279 g/mol. The van der Waals surface area contributed by atoms with E-state index in [-0.39, 0.29) is 23.6 Å². The molecule has 0 unspecified atom stereocenters. The summed E-state index contributed by atoms with van der Waals surface area (Å²) in [4.78, 5) is 21.0. The van der Waals surface area contributed by atoms with Gasteiger partial charge in [0.15, 0.2) is 5.75 Å². The van der Waals surface area contributed by atoms with Crippen molar-refractivity contribution in [3.63, 3.8) is 0 Å². The molecule has 1 aromatic heterocycles. The highest BCUT2D eigenvalue weighted by Gasteiger charge is 2.18. The molecule has 0 atom stereocenters. The van der Waals surface area contributed by atoms with Gasteiger partial charge in [-0.05, 0) is 34.5 Å². The smallest absolute Gasteiger partial charge is 0.335 e. The molecular formula is C12H9NO5S. The van der Waals surface area contributed by atoms with E-state index in [1.54, 1.807) is 0 Å². The van der Waals surface area contributed by atoms with Crippen LogP contribution in [0.25, 0.3) is 0 Å². The summed E-state index contributed by atoms with van der Waals surface area (Å²) < 4.78 is 5.35. The SMILES string of the molecule is O=C(O)c1ccc(OCc2ccsc2)c([N+](=O)[O-])c1. The Labute approximate surface area is 112 Å². The first-order valence-corrected chi connectivity index (χ1v) is 6.18. The van der Waals surface area contributed by atoms with Crippen molar-refractivity contribution in [1.29, 1.82) is 0 Å². The monoisotopic (exact) mass is 279 g/mol. The zero-order chi connectivity index (χ0) is 13.8. The average Bonchev–Trinajstić information content (AvgIpc) is 2.89. The fraction of sp³-hybridized carbons (Fsp3) is 0.0833. The highest BCUT2D eigenvalue weighted by Crippen LogP contribution is 2.28. The number of nitrogens with zero attached hydrogens (tertiary/aromatic N) is 1. The number of nitro groups is 1.